The van der Waals surface area contributed by atoms with Crippen LogP contribution < -0.4 is 9.47 Å². The summed E-state index contributed by atoms with van der Waals surface area (Å²) in [5.41, 5.74) is 2.42. The summed E-state index contributed by atoms with van der Waals surface area (Å²) in [4.78, 5) is 23.2. The summed E-state index contributed by atoms with van der Waals surface area (Å²) in [6, 6.07) is 21.9. The number of carbonyl (C=O) groups excluding carboxylic acids is 2. The summed E-state index contributed by atoms with van der Waals surface area (Å²) in [6.45, 7) is 2.62. The first-order chi connectivity index (χ1) is 14.5. The summed E-state index contributed by atoms with van der Waals surface area (Å²) in [5, 5.41) is 0. The van der Waals surface area contributed by atoms with Gasteiger partial charge in [-0.2, -0.15) is 0 Å². The molecule has 0 aliphatic carbocycles. The van der Waals surface area contributed by atoms with Crippen LogP contribution in [0.2, 0.25) is 0 Å². The molecule has 30 heavy (non-hydrogen) atoms. The zero-order valence-electron chi connectivity index (χ0n) is 16.6. The lowest BCUT2D eigenvalue weighted by atomic mass is 10.1. The first kappa shape index (κ1) is 20.5. The molecular weight excluding hydrogens is 376 g/mol. The quantitative estimate of drug-likeness (QED) is 0.369. The van der Waals surface area contributed by atoms with Gasteiger partial charge in [-0.15, -0.1) is 0 Å². The second-order valence-corrected chi connectivity index (χ2v) is 6.26. The van der Waals surface area contributed by atoms with Crippen LogP contribution in [0.1, 0.15) is 36.1 Å². The Morgan fingerprint density at radius 1 is 0.600 bits per heavy atom. The molecule has 146 valence electrons. The highest BCUT2D eigenvalue weighted by molar-refractivity contribution is 5.74. The lowest BCUT2D eigenvalue weighted by Crippen LogP contribution is -2.07. The standard InChI is InChI=1S/C26H18O4/c1-19(27)29-25-17-24(16-14-22-11-7-4-8-12-22)26(30-20(2)28)18-23(25)15-13-21-9-5-3-6-10-21/h3-12,17-18H,1-2H3. The number of carbonyl (C=O) groups is 2. The van der Waals surface area contributed by atoms with Gasteiger partial charge in [-0.3, -0.25) is 9.59 Å². The Morgan fingerprint density at radius 2 is 0.967 bits per heavy atom. The third-order valence-corrected chi connectivity index (χ3v) is 3.82. The molecule has 3 aromatic rings. The number of esters is 2. The Labute approximate surface area is 175 Å². The molecule has 0 N–H and O–H groups in total. The van der Waals surface area contributed by atoms with Gasteiger partial charge in [0, 0.05) is 37.1 Å². The van der Waals surface area contributed by atoms with E-state index in [1.54, 1.807) is 12.1 Å². The number of ether oxygens (including phenoxy) is 2. The van der Waals surface area contributed by atoms with Gasteiger partial charge in [0.2, 0.25) is 0 Å². The minimum Gasteiger partial charge on any atom is -0.425 e. The van der Waals surface area contributed by atoms with Crippen LogP contribution in [0.5, 0.6) is 11.5 Å². The molecule has 0 atom stereocenters. The third kappa shape index (κ3) is 5.86. The normalized spacial score (nSPS) is 9.40. The highest BCUT2D eigenvalue weighted by atomic mass is 16.5. The molecule has 0 bridgehead atoms. The minimum absolute atomic E-state index is 0.249. The Balaban J connectivity index is 2.10. The van der Waals surface area contributed by atoms with E-state index in [2.05, 4.69) is 23.7 Å². The van der Waals surface area contributed by atoms with Crippen molar-refractivity contribution in [3.8, 4) is 35.2 Å². The van der Waals surface area contributed by atoms with E-state index >= 15 is 0 Å². The molecule has 4 nitrogen and oxygen atoms in total. The lowest BCUT2D eigenvalue weighted by Gasteiger charge is -2.10. The maximum absolute atomic E-state index is 11.6. The number of rotatable bonds is 2. The highest BCUT2D eigenvalue weighted by Crippen LogP contribution is 2.29. The van der Waals surface area contributed by atoms with Gasteiger partial charge in [-0.05, 0) is 24.3 Å². The van der Waals surface area contributed by atoms with Crippen LogP contribution in [0.4, 0.5) is 0 Å². The highest BCUT2D eigenvalue weighted by Gasteiger charge is 2.13. The first-order valence-electron chi connectivity index (χ1n) is 9.20. The van der Waals surface area contributed by atoms with Crippen LogP contribution in [-0.2, 0) is 9.59 Å². The van der Waals surface area contributed by atoms with Crippen molar-refractivity contribution in [2.75, 3.05) is 0 Å². The van der Waals surface area contributed by atoms with Gasteiger partial charge in [-0.1, -0.05) is 60.1 Å². The van der Waals surface area contributed by atoms with Crippen molar-refractivity contribution in [1.82, 2.24) is 0 Å². The summed E-state index contributed by atoms with van der Waals surface area (Å²) in [5.74, 6) is 11.5. The molecule has 0 fully saturated rings. The van der Waals surface area contributed by atoms with Crippen molar-refractivity contribution in [2.45, 2.75) is 13.8 Å². The van der Waals surface area contributed by atoms with Crippen molar-refractivity contribution in [3.63, 3.8) is 0 Å². The van der Waals surface area contributed by atoms with Crippen molar-refractivity contribution in [3.05, 3.63) is 95.1 Å². The summed E-state index contributed by atoms with van der Waals surface area (Å²) >= 11 is 0. The molecule has 3 aromatic carbocycles. The topological polar surface area (TPSA) is 52.6 Å². The van der Waals surface area contributed by atoms with Gasteiger partial charge in [-0.25, -0.2) is 0 Å². The van der Waals surface area contributed by atoms with Gasteiger partial charge in [0.05, 0.1) is 11.1 Å². The predicted octanol–water partition coefficient (Wildman–Crippen LogP) is 4.34. The van der Waals surface area contributed by atoms with Crippen LogP contribution in [0.3, 0.4) is 0 Å². The summed E-state index contributed by atoms with van der Waals surface area (Å²) < 4.78 is 10.7. The Bertz CT molecular complexity index is 1090. The molecule has 0 amide bonds. The van der Waals surface area contributed by atoms with E-state index in [4.69, 9.17) is 9.47 Å². The average Bonchev–Trinajstić information content (AvgIpc) is 2.73. The van der Waals surface area contributed by atoms with Crippen LogP contribution in [-0.4, -0.2) is 11.9 Å². The van der Waals surface area contributed by atoms with E-state index in [-0.39, 0.29) is 11.5 Å². The lowest BCUT2D eigenvalue weighted by molar-refractivity contribution is -0.133. The molecule has 0 aliphatic rings. The average molecular weight is 394 g/mol. The Morgan fingerprint density at radius 3 is 1.30 bits per heavy atom. The van der Waals surface area contributed by atoms with Crippen LogP contribution in [0, 0.1) is 23.7 Å². The maximum atomic E-state index is 11.6. The number of benzene rings is 3. The molecule has 0 heterocycles. The van der Waals surface area contributed by atoms with E-state index in [0.29, 0.717) is 11.1 Å². The van der Waals surface area contributed by atoms with Crippen molar-refractivity contribution in [1.29, 1.82) is 0 Å². The molecule has 0 saturated heterocycles. The predicted molar refractivity (Wildman–Crippen MR) is 114 cm³/mol. The molecular formula is C26H18O4. The van der Waals surface area contributed by atoms with E-state index in [0.717, 1.165) is 11.1 Å². The van der Waals surface area contributed by atoms with Crippen LogP contribution >= 0.6 is 0 Å². The van der Waals surface area contributed by atoms with Crippen molar-refractivity contribution in [2.24, 2.45) is 0 Å². The smallest absolute Gasteiger partial charge is 0.308 e. The fourth-order valence-electron chi connectivity index (χ4n) is 2.56. The molecule has 0 aliphatic heterocycles. The van der Waals surface area contributed by atoms with Gasteiger partial charge in [0.15, 0.2) is 0 Å². The molecule has 0 radical (unpaired) electrons. The minimum atomic E-state index is -0.486. The summed E-state index contributed by atoms with van der Waals surface area (Å²) in [6.07, 6.45) is 0. The van der Waals surface area contributed by atoms with Crippen LogP contribution in [0.15, 0.2) is 72.8 Å². The van der Waals surface area contributed by atoms with E-state index in [9.17, 15) is 9.59 Å². The van der Waals surface area contributed by atoms with Gasteiger partial charge in [0.1, 0.15) is 11.5 Å². The third-order valence-electron chi connectivity index (χ3n) is 3.82. The van der Waals surface area contributed by atoms with E-state index in [1.165, 1.54) is 13.8 Å². The fraction of sp³-hybridized carbons (Fsp3) is 0.0769. The molecule has 0 saturated carbocycles. The molecule has 0 spiro atoms. The van der Waals surface area contributed by atoms with E-state index in [1.807, 2.05) is 60.7 Å². The van der Waals surface area contributed by atoms with E-state index < -0.39 is 11.9 Å². The second-order valence-electron chi connectivity index (χ2n) is 6.26. The van der Waals surface area contributed by atoms with Gasteiger partial charge >= 0.3 is 11.9 Å². The molecule has 0 aromatic heterocycles. The summed E-state index contributed by atoms with van der Waals surface area (Å²) in [7, 11) is 0. The second kappa shape index (κ2) is 9.78. The van der Waals surface area contributed by atoms with Crippen LogP contribution in [0.25, 0.3) is 0 Å². The first-order valence-corrected chi connectivity index (χ1v) is 9.20. The fourth-order valence-corrected chi connectivity index (χ4v) is 2.56. The number of hydrogen-bond donors (Lipinski definition) is 0. The van der Waals surface area contributed by atoms with Crippen molar-refractivity contribution >= 4 is 11.9 Å². The van der Waals surface area contributed by atoms with Gasteiger partial charge < -0.3 is 9.47 Å². The van der Waals surface area contributed by atoms with Gasteiger partial charge in [0.25, 0.3) is 0 Å². The maximum Gasteiger partial charge on any atom is 0.308 e. The molecule has 3 rings (SSSR count). The SMILES string of the molecule is CC(=O)Oc1cc(C#Cc2ccccc2)c(OC(C)=O)cc1C#Cc1ccccc1. The largest absolute Gasteiger partial charge is 0.425 e. The zero-order chi connectivity index (χ0) is 21.3. The molecule has 4 heteroatoms. The number of hydrogen-bond acceptors (Lipinski definition) is 4. The molecule has 0 unspecified atom stereocenters. The van der Waals surface area contributed by atoms with Crippen molar-refractivity contribution < 1.29 is 19.1 Å². The monoisotopic (exact) mass is 394 g/mol. The Kier molecular flexibility index (Phi) is 6.66. The zero-order valence-corrected chi connectivity index (χ0v) is 16.6. The Hall–Kier alpha value is -4.28.